The monoisotopic (exact) mass is 386 g/mol. The van der Waals surface area contributed by atoms with E-state index in [-0.39, 0.29) is 17.6 Å². The maximum Gasteiger partial charge on any atom is 0.265 e. The summed E-state index contributed by atoms with van der Waals surface area (Å²) in [6.45, 7) is 5.03. The molecule has 3 heterocycles. The van der Waals surface area contributed by atoms with Crippen molar-refractivity contribution in [3.63, 3.8) is 0 Å². The summed E-state index contributed by atoms with van der Waals surface area (Å²) in [5.41, 5.74) is 1.48. The van der Waals surface area contributed by atoms with Crippen LogP contribution in [0.5, 0.6) is 0 Å². The van der Waals surface area contributed by atoms with Crippen molar-refractivity contribution in [3.8, 4) is 11.4 Å². The van der Waals surface area contributed by atoms with Gasteiger partial charge in [-0.05, 0) is 51.0 Å². The van der Waals surface area contributed by atoms with Gasteiger partial charge in [0.15, 0.2) is 0 Å². The van der Waals surface area contributed by atoms with E-state index in [0.29, 0.717) is 35.2 Å². The van der Waals surface area contributed by atoms with Gasteiger partial charge in [0.2, 0.25) is 11.7 Å². The number of carbonyl (C=O) groups excluding carboxylic acids is 1. The lowest BCUT2D eigenvalue weighted by Crippen LogP contribution is -2.39. The molecule has 1 saturated heterocycles. The quantitative estimate of drug-likeness (QED) is 0.681. The number of benzene rings is 1. The first kappa shape index (κ1) is 17.8. The van der Waals surface area contributed by atoms with E-state index in [1.807, 2.05) is 18.7 Å². The highest BCUT2D eigenvalue weighted by molar-refractivity contribution is 7.13. The smallest absolute Gasteiger partial charge is 0.265 e. The Hall–Kier alpha value is -2.61. The molecule has 0 spiro atoms. The Kier molecular flexibility index (Phi) is 4.73. The summed E-state index contributed by atoms with van der Waals surface area (Å²) in [6.07, 6.45) is 1.76. The molecule has 0 aliphatic carbocycles. The molecule has 2 aromatic heterocycles. The zero-order valence-electron chi connectivity index (χ0n) is 15.1. The van der Waals surface area contributed by atoms with Crippen LogP contribution in [0.2, 0.25) is 0 Å². The van der Waals surface area contributed by atoms with Crippen LogP contribution in [-0.4, -0.2) is 39.0 Å². The minimum atomic E-state index is -0.308. The Balaban J connectivity index is 1.51. The number of aromatic nitrogens is 3. The summed E-state index contributed by atoms with van der Waals surface area (Å²) in [5.74, 6) is 0.656. The highest BCUT2D eigenvalue weighted by Crippen LogP contribution is 2.29. The van der Waals surface area contributed by atoms with Crippen LogP contribution in [-0.2, 0) is 0 Å². The fourth-order valence-corrected chi connectivity index (χ4v) is 4.24. The zero-order valence-corrected chi connectivity index (χ0v) is 15.9. The van der Waals surface area contributed by atoms with Crippen molar-refractivity contribution < 1.29 is 13.7 Å². The van der Waals surface area contributed by atoms with Gasteiger partial charge in [-0.3, -0.25) is 4.79 Å². The van der Waals surface area contributed by atoms with Crippen molar-refractivity contribution in [3.05, 3.63) is 51.6 Å². The van der Waals surface area contributed by atoms with Gasteiger partial charge in [-0.15, -0.1) is 11.3 Å². The molecular formula is C19H19FN4O2S. The van der Waals surface area contributed by atoms with E-state index in [9.17, 15) is 9.18 Å². The van der Waals surface area contributed by atoms with E-state index in [1.54, 1.807) is 12.1 Å². The Bertz CT molecular complexity index is 967. The maximum atomic E-state index is 13.1. The first-order chi connectivity index (χ1) is 13.0. The Morgan fingerprint density at radius 1 is 1.26 bits per heavy atom. The number of hydrogen-bond donors (Lipinski definition) is 0. The van der Waals surface area contributed by atoms with Crippen molar-refractivity contribution in [2.75, 3.05) is 13.1 Å². The van der Waals surface area contributed by atoms with Gasteiger partial charge in [-0.1, -0.05) is 5.16 Å². The third-order valence-electron chi connectivity index (χ3n) is 4.70. The van der Waals surface area contributed by atoms with Crippen molar-refractivity contribution in [2.24, 2.45) is 0 Å². The van der Waals surface area contributed by atoms with E-state index < -0.39 is 0 Å². The second kappa shape index (κ2) is 7.19. The fourth-order valence-electron chi connectivity index (χ4n) is 3.35. The summed E-state index contributed by atoms with van der Waals surface area (Å²) in [7, 11) is 0. The van der Waals surface area contributed by atoms with Crippen LogP contribution in [0.1, 0.15) is 45.0 Å². The molecular weight excluding hydrogens is 367 g/mol. The molecule has 0 bridgehead atoms. The van der Waals surface area contributed by atoms with Gasteiger partial charge >= 0.3 is 0 Å². The molecule has 1 fully saturated rings. The minimum Gasteiger partial charge on any atom is -0.339 e. The molecule has 0 N–H and O–H groups in total. The van der Waals surface area contributed by atoms with Gasteiger partial charge in [0.1, 0.15) is 10.7 Å². The molecule has 1 aliphatic rings. The Morgan fingerprint density at radius 3 is 2.74 bits per heavy atom. The summed E-state index contributed by atoms with van der Waals surface area (Å²) in [4.78, 5) is 24.2. The number of rotatable bonds is 3. The predicted octanol–water partition coefficient (Wildman–Crippen LogP) is 3.97. The SMILES string of the molecule is Cc1nc(C)c(C(=O)N2CCC[C@H](c3nc(-c4ccc(F)cc4)no3)C2)s1. The molecule has 0 unspecified atom stereocenters. The number of likely N-dealkylation sites (tertiary alicyclic amines) is 1. The highest BCUT2D eigenvalue weighted by Gasteiger charge is 2.30. The summed E-state index contributed by atoms with van der Waals surface area (Å²) in [6, 6.07) is 5.97. The molecule has 0 radical (unpaired) electrons. The third-order valence-corrected chi connectivity index (χ3v) is 5.76. The van der Waals surface area contributed by atoms with Gasteiger partial charge in [-0.2, -0.15) is 4.98 Å². The van der Waals surface area contributed by atoms with E-state index in [4.69, 9.17) is 4.52 Å². The van der Waals surface area contributed by atoms with E-state index in [1.165, 1.54) is 23.5 Å². The lowest BCUT2D eigenvalue weighted by molar-refractivity contribution is 0.0699. The number of carbonyl (C=O) groups is 1. The lowest BCUT2D eigenvalue weighted by atomic mass is 9.97. The van der Waals surface area contributed by atoms with Gasteiger partial charge < -0.3 is 9.42 Å². The number of halogens is 1. The topological polar surface area (TPSA) is 72.1 Å². The van der Waals surface area contributed by atoms with Gasteiger partial charge in [0, 0.05) is 18.7 Å². The van der Waals surface area contributed by atoms with Crippen molar-refractivity contribution in [1.29, 1.82) is 0 Å². The molecule has 27 heavy (non-hydrogen) atoms. The minimum absolute atomic E-state index is 0.00118. The van der Waals surface area contributed by atoms with Gasteiger partial charge in [-0.25, -0.2) is 9.37 Å². The van der Waals surface area contributed by atoms with Gasteiger partial charge in [0.05, 0.1) is 16.6 Å². The van der Waals surface area contributed by atoms with Crippen molar-refractivity contribution in [1.82, 2.24) is 20.0 Å². The van der Waals surface area contributed by atoms with Crippen LogP contribution < -0.4 is 0 Å². The van der Waals surface area contributed by atoms with Crippen LogP contribution in [0.25, 0.3) is 11.4 Å². The van der Waals surface area contributed by atoms with Crippen LogP contribution in [0, 0.1) is 19.7 Å². The second-order valence-corrected chi connectivity index (χ2v) is 7.90. The molecule has 1 aliphatic heterocycles. The number of amides is 1. The van der Waals surface area contributed by atoms with E-state index in [0.717, 1.165) is 23.5 Å². The molecule has 140 valence electrons. The summed E-state index contributed by atoms with van der Waals surface area (Å²) >= 11 is 1.43. The van der Waals surface area contributed by atoms with Crippen LogP contribution in [0.15, 0.2) is 28.8 Å². The normalized spacial score (nSPS) is 17.3. The van der Waals surface area contributed by atoms with Crippen LogP contribution in [0.4, 0.5) is 4.39 Å². The summed E-state index contributed by atoms with van der Waals surface area (Å²) < 4.78 is 18.5. The van der Waals surface area contributed by atoms with Crippen molar-refractivity contribution >= 4 is 17.2 Å². The second-order valence-electron chi connectivity index (χ2n) is 6.70. The molecule has 1 amide bonds. The fraction of sp³-hybridized carbons (Fsp3) is 0.368. The molecule has 0 saturated carbocycles. The highest BCUT2D eigenvalue weighted by atomic mass is 32.1. The van der Waals surface area contributed by atoms with E-state index >= 15 is 0 Å². The number of hydrogen-bond acceptors (Lipinski definition) is 6. The third kappa shape index (κ3) is 3.62. The largest absolute Gasteiger partial charge is 0.339 e. The number of piperidine rings is 1. The molecule has 1 aromatic carbocycles. The average molecular weight is 386 g/mol. The zero-order chi connectivity index (χ0) is 19.0. The van der Waals surface area contributed by atoms with Crippen LogP contribution >= 0.6 is 11.3 Å². The standard InChI is InChI=1S/C19H19FN4O2S/c1-11-16(27-12(2)21-11)19(25)24-9-3-4-14(10-24)18-22-17(23-26-18)13-5-7-15(20)8-6-13/h5-8,14H,3-4,9-10H2,1-2H3/t14-/m0/s1. The Morgan fingerprint density at radius 2 is 2.04 bits per heavy atom. The first-order valence-electron chi connectivity index (χ1n) is 8.84. The Labute approximate surface area is 160 Å². The molecule has 6 nitrogen and oxygen atoms in total. The number of aryl methyl sites for hydroxylation is 2. The number of nitrogens with zero attached hydrogens (tertiary/aromatic N) is 4. The lowest BCUT2D eigenvalue weighted by Gasteiger charge is -2.30. The average Bonchev–Trinajstić information content (AvgIpc) is 3.28. The molecule has 3 aromatic rings. The first-order valence-corrected chi connectivity index (χ1v) is 9.66. The molecule has 8 heteroatoms. The van der Waals surface area contributed by atoms with Crippen LogP contribution in [0.3, 0.4) is 0 Å². The maximum absolute atomic E-state index is 13.1. The molecule has 4 rings (SSSR count). The molecule has 1 atom stereocenters. The summed E-state index contributed by atoms with van der Waals surface area (Å²) in [5, 5.41) is 4.91. The van der Waals surface area contributed by atoms with Crippen molar-refractivity contribution in [2.45, 2.75) is 32.6 Å². The number of thiazole rings is 1. The van der Waals surface area contributed by atoms with E-state index in [2.05, 4.69) is 15.1 Å². The van der Waals surface area contributed by atoms with Gasteiger partial charge in [0.25, 0.3) is 5.91 Å². The predicted molar refractivity (Wildman–Crippen MR) is 99.2 cm³/mol.